The lowest BCUT2D eigenvalue weighted by Gasteiger charge is -2.05. The molecule has 0 aliphatic carbocycles. The topological polar surface area (TPSA) is 63.6 Å². The Balaban J connectivity index is 2.36. The average Bonchev–Trinajstić information content (AvgIpc) is 2.53. The Kier molecular flexibility index (Phi) is 4.73. The van der Waals surface area contributed by atoms with Gasteiger partial charge in [-0.15, -0.1) is 0 Å². The van der Waals surface area contributed by atoms with Crippen molar-refractivity contribution in [3.05, 3.63) is 70.8 Å². The minimum Gasteiger partial charge on any atom is -0.478 e. The molecule has 0 spiro atoms. The van der Waals surface area contributed by atoms with Gasteiger partial charge in [0.15, 0.2) is 0 Å². The van der Waals surface area contributed by atoms with E-state index in [4.69, 9.17) is 0 Å². The van der Waals surface area contributed by atoms with Gasteiger partial charge < -0.3 is 9.84 Å². The Morgan fingerprint density at radius 1 is 0.955 bits per heavy atom. The lowest BCUT2D eigenvalue weighted by Crippen LogP contribution is -2.01. The highest BCUT2D eigenvalue weighted by Crippen LogP contribution is 2.19. The van der Waals surface area contributed by atoms with Crippen LogP contribution in [0.4, 0.5) is 0 Å². The van der Waals surface area contributed by atoms with Crippen LogP contribution in [-0.2, 0) is 9.53 Å². The van der Waals surface area contributed by atoms with Crippen LogP contribution in [0.25, 0.3) is 11.6 Å². The van der Waals surface area contributed by atoms with E-state index in [-0.39, 0.29) is 5.57 Å². The molecular weight excluding hydrogens is 280 g/mol. The van der Waals surface area contributed by atoms with Crippen LogP contribution in [-0.4, -0.2) is 24.2 Å². The Labute approximate surface area is 128 Å². The Hall–Kier alpha value is -2.88. The molecule has 4 nitrogen and oxygen atoms in total. The third kappa shape index (κ3) is 3.61. The quantitative estimate of drug-likeness (QED) is 0.533. The van der Waals surface area contributed by atoms with Crippen molar-refractivity contribution in [1.29, 1.82) is 0 Å². The lowest BCUT2D eigenvalue weighted by atomic mass is 10.0. The Morgan fingerprint density at radius 3 is 2.00 bits per heavy atom. The SMILES string of the molecule is COC(=O)c1ccc(/C=C(/C(=O)O)c2ccc(C)cc2)cc1. The van der Waals surface area contributed by atoms with Gasteiger partial charge in [-0.3, -0.25) is 0 Å². The monoisotopic (exact) mass is 296 g/mol. The van der Waals surface area contributed by atoms with Crippen molar-refractivity contribution >= 4 is 23.6 Å². The first-order chi connectivity index (χ1) is 10.5. The van der Waals surface area contributed by atoms with E-state index in [1.54, 1.807) is 42.5 Å². The Morgan fingerprint density at radius 2 is 1.50 bits per heavy atom. The molecule has 0 saturated carbocycles. The highest BCUT2D eigenvalue weighted by molar-refractivity contribution is 6.20. The van der Waals surface area contributed by atoms with Crippen LogP contribution in [0.2, 0.25) is 0 Å². The fourth-order valence-corrected chi connectivity index (χ4v) is 2.00. The highest BCUT2D eigenvalue weighted by atomic mass is 16.5. The van der Waals surface area contributed by atoms with Gasteiger partial charge in [0, 0.05) is 0 Å². The number of hydrogen-bond donors (Lipinski definition) is 1. The maximum absolute atomic E-state index is 11.5. The minimum absolute atomic E-state index is 0.200. The van der Waals surface area contributed by atoms with Gasteiger partial charge in [0.25, 0.3) is 0 Å². The van der Waals surface area contributed by atoms with Crippen molar-refractivity contribution in [2.45, 2.75) is 6.92 Å². The number of aliphatic carboxylic acids is 1. The first-order valence-corrected chi connectivity index (χ1v) is 6.71. The Bertz CT molecular complexity index is 710. The van der Waals surface area contributed by atoms with Crippen molar-refractivity contribution in [2.75, 3.05) is 7.11 Å². The predicted molar refractivity (Wildman–Crippen MR) is 84.5 cm³/mol. The molecule has 0 heterocycles. The predicted octanol–water partition coefficient (Wildman–Crippen LogP) is 3.41. The molecule has 22 heavy (non-hydrogen) atoms. The van der Waals surface area contributed by atoms with Crippen LogP contribution in [0.15, 0.2) is 48.5 Å². The van der Waals surface area contributed by atoms with Crippen molar-refractivity contribution in [3.63, 3.8) is 0 Å². The zero-order chi connectivity index (χ0) is 16.1. The second-order valence-electron chi connectivity index (χ2n) is 4.84. The van der Waals surface area contributed by atoms with Crippen LogP contribution in [0.1, 0.15) is 27.0 Å². The molecule has 0 atom stereocenters. The third-order valence-electron chi connectivity index (χ3n) is 3.24. The summed E-state index contributed by atoms with van der Waals surface area (Å²) < 4.78 is 4.63. The van der Waals surface area contributed by atoms with Gasteiger partial charge in [-0.1, -0.05) is 42.0 Å². The summed E-state index contributed by atoms with van der Waals surface area (Å²) in [5, 5.41) is 9.40. The summed E-state index contributed by atoms with van der Waals surface area (Å²) in [5.74, 6) is -1.42. The van der Waals surface area contributed by atoms with Crippen LogP contribution in [0.3, 0.4) is 0 Å². The number of carboxylic acid groups (broad SMARTS) is 1. The fourth-order valence-electron chi connectivity index (χ4n) is 2.00. The number of ether oxygens (including phenoxy) is 1. The van der Waals surface area contributed by atoms with E-state index in [9.17, 15) is 14.7 Å². The van der Waals surface area contributed by atoms with E-state index in [0.29, 0.717) is 16.7 Å². The van der Waals surface area contributed by atoms with Crippen LogP contribution in [0.5, 0.6) is 0 Å². The molecule has 0 aliphatic rings. The molecule has 0 saturated heterocycles. The molecule has 2 aromatic rings. The molecule has 4 heteroatoms. The first-order valence-electron chi connectivity index (χ1n) is 6.71. The minimum atomic E-state index is -0.999. The van der Waals surface area contributed by atoms with E-state index in [1.165, 1.54) is 7.11 Å². The molecule has 2 rings (SSSR count). The maximum atomic E-state index is 11.5. The van der Waals surface area contributed by atoms with E-state index < -0.39 is 11.9 Å². The van der Waals surface area contributed by atoms with Gasteiger partial charge >= 0.3 is 11.9 Å². The molecule has 0 aromatic heterocycles. The normalized spacial score (nSPS) is 11.1. The van der Waals surface area contributed by atoms with E-state index in [0.717, 1.165) is 5.56 Å². The second kappa shape index (κ2) is 6.72. The molecule has 0 radical (unpaired) electrons. The number of carbonyl (C=O) groups is 2. The van der Waals surface area contributed by atoms with Gasteiger partial charge in [0.05, 0.1) is 18.2 Å². The maximum Gasteiger partial charge on any atom is 0.337 e. The number of aryl methyl sites for hydroxylation is 1. The zero-order valence-corrected chi connectivity index (χ0v) is 12.4. The van der Waals surface area contributed by atoms with E-state index in [1.807, 2.05) is 19.1 Å². The molecule has 0 bridgehead atoms. The smallest absolute Gasteiger partial charge is 0.337 e. The second-order valence-corrected chi connectivity index (χ2v) is 4.84. The summed E-state index contributed by atoms with van der Waals surface area (Å²) >= 11 is 0. The van der Waals surface area contributed by atoms with Crippen LogP contribution in [0, 0.1) is 6.92 Å². The van der Waals surface area contributed by atoms with E-state index in [2.05, 4.69) is 4.74 Å². The third-order valence-corrected chi connectivity index (χ3v) is 3.24. The lowest BCUT2D eigenvalue weighted by molar-refractivity contribution is -0.130. The number of methoxy groups -OCH3 is 1. The summed E-state index contributed by atoms with van der Waals surface area (Å²) in [4.78, 5) is 22.8. The standard InChI is InChI=1S/C18H16O4/c1-12-3-7-14(8-4-12)16(17(19)20)11-13-5-9-15(10-6-13)18(21)22-2/h3-11H,1-2H3,(H,19,20)/b16-11+. The number of rotatable bonds is 4. The van der Waals surface area contributed by atoms with Gasteiger partial charge in [-0.2, -0.15) is 0 Å². The highest BCUT2D eigenvalue weighted by Gasteiger charge is 2.11. The zero-order valence-electron chi connectivity index (χ0n) is 12.4. The molecule has 1 N–H and O–H groups in total. The summed E-state index contributed by atoms with van der Waals surface area (Å²) in [7, 11) is 1.32. The number of benzene rings is 2. The summed E-state index contributed by atoms with van der Waals surface area (Å²) in [6, 6.07) is 13.9. The molecular formula is C18H16O4. The number of hydrogen-bond acceptors (Lipinski definition) is 3. The molecule has 0 amide bonds. The van der Waals surface area contributed by atoms with Crippen molar-refractivity contribution < 1.29 is 19.4 Å². The van der Waals surface area contributed by atoms with E-state index >= 15 is 0 Å². The van der Waals surface area contributed by atoms with Crippen molar-refractivity contribution in [1.82, 2.24) is 0 Å². The first kappa shape index (κ1) is 15.5. The van der Waals surface area contributed by atoms with Gasteiger partial charge in [-0.05, 0) is 36.3 Å². The van der Waals surface area contributed by atoms with Crippen molar-refractivity contribution in [2.24, 2.45) is 0 Å². The van der Waals surface area contributed by atoms with Crippen LogP contribution < -0.4 is 0 Å². The number of esters is 1. The molecule has 0 fully saturated rings. The summed E-state index contributed by atoms with van der Waals surface area (Å²) in [6.07, 6.45) is 1.58. The largest absolute Gasteiger partial charge is 0.478 e. The van der Waals surface area contributed by atoms with Crippen molar-refractivity contribution in [3.8, 4) is 0 Å². The van der Waals surface area contributed by atoms with Gasteiger partial charge in [0.2, 0.25) is 0 Å². The molecule has 0 aliphatic heterocycles. The molecule has 2 aromatic carbocycles. The number of carbonyl (C=O) groups excluding carboxylic acids is 1. The average molecular weight is 296 g/mol. The number of carboxylic acids is 1. The fraction of sp³-hybridized carbons (Fsp3) is 0.111. The summed E-state index contributed by atoms with van der Waals surface area (Å²) in [5.41, 5.74) is 3.02. The summed E-state index contributed by atoms with van der Waals surface area (Å²) in [6.45, 7) is 1.94. The molecule has 112 valence electrons. The van der Waals surface area contributed by atoms with Gasteiger partial charge in [0.1, 0.15) is 0 Å². The van der Waals surface area contributed by atoms with Gasteiger partial charge in [-0.25, -0.2) is 9.59 Å². The molecule has 0 unspecified atom stereocenters. The van der Waals surface area contributed by atoms with Crippen LogP contribution >= 0.6 is 0 Å².